The van der Waals surface area contributed by atoms with Crippen molar-refractivity contribution in [3.63, 3.8) is 0 Å². The minimum Gasteiger partial charge on any atom is -0.311 e. The van der Waals surface area contributed by atoms with Crippen LogP contribution in [0.25, 0.3) is 11.4 Å². The molecule has 0 radical (unpaired) electrons. The average Bonchev–Trinajstić information content (AvgIpc) is 3.33. The first kappa shape index (κ1) is 18.4. The number of aromatic nitrogens is 4. The minimum absolute atomic E-state index is 0.0913. The topological polar surface area (TPSA) is 63.9 Å². The summed E-state index contributed by atoms with van der Waals surface area (Å²) in [6.07, 6.45) is 6.16. The van der Waals surface area contributed by atoms with Crippen LogP contribution in [-0.2, 0) is 17.8 Å². The van der Waals surface area contributed by atoms with E-state index in [2.05, 4.69) is 27.8 Å². The average molecular weight is 392 g/mol. The predicted molar refractivity (Wildman–Crippen MR) is 111 cm³/mol. The fourth-order valence-electron chi connectivity index (χ4n) is 3.38. The van der Waals surface area contributed by atoms with Gasteiger partial charge < -0.3 is 4.90 Å². The zero-order valence-corrected chi connectivity index (χ0v) is 16.5. The Hall–Kier alpha value is -2.93. The van der Waals surface area contributed by atoms with Crippen LogP contribution in [0.4, 0.5) is 5.69 Å². The number of thioether (sulfide) groups is 1. The molecule has 1 unspecified atom stereocenters. The summed E-state index contributed by atoms with van der Waals surface area (Å²) in [6.45, 7) is 7.06. The summed E-state index contributed by atoms with van der Waals surface area (Å²) in [5.74, 6) is 0.838. The minimum atomic E-state index is -0.274. The fraction of sp³-hybridized carbons (Fsp3) is 0.238. The van der Waals surface area contributed by atoms with Gasteiger partial charge in [-0.1, -0.05) is 36.0 Å². The smallest absolute Gasteiger partial charge is 0.240 e. The maximum absolute atomic E-state index is 13.1. The third-order valence-electron chi connectivity index (χ3n) is 4.75. The fourth-order valence-corrected chi connectivity index (χ4v) is 4.30. The van der Waals surface area contributed by atoms with Gasteiger partial charge in [0.1, 0.15) is 0 Å². The Morgan fingerprint density at radius 3 is 2.82 bits per heavy atom. The summed E-state index contributed by atoms with van der Waals surface area (Å²) < 4.78 is 1.98. The van der Waals surface area contributed by atoms with Crippen LogP contribution >= 0.6 is 11.8 Å². The SMILES string of the molecule is C=CCn1c(SC(C)C(=O)N2CCc3ccccc32)nnc1-c1ccncc1. The Morgan fingerprint density at radius 1 is 1.25 bits per heavy atom. The molecule has 1 amide bonds. The maximum atomic E-state index is 13.1. The van der Waals surface area contributed by atoms with E-state index in [9.17, 15) is 4.79 Å². The molecule has 0 saturated carbocycles. The molecule has 0 aliphatic carbocycles. The van der Waals surface area contributed by atoms with Crippen LogP contribution in [0.15, 0.2) is 66.6 Å². The summed E-state index contributed by atoms with van der Waals surface area (Å²) >= 11 is 1.43. The number of benzene rings is 1. The molecule has 6 nitrogen and oxygen atoms in total. The van der Waals surface area contributed by atoms with E-state index in [1.807, 2.05) is 46.7 Å². The van der Waals surface area contributed by atoms with Gasteiger partial charge >= 0.3 is 0 Å². The number of pyridine rings is 1. The summed E-state index contributed by atoms with van der Waals surface area (Å²) in [7, 11) is 0. The first-order chi connectivity index (χ1) is 13.7. The number of hydrogen-bond donors (Lipinski definition) is 0. The van der Waals surface area contributed by atoms with Crippen molar-refractivity contribution in [3.8, 4) is 11.4 Å². The van der Waals surface area contributed by atoms with Gasteiger partial charge in [-0.2, -0.15) is 0 Å². The van der Waals surface area contributed by atoms with E-state index in [0.717, 1.165) is 30.0 Å². The molecule has 3 aromatic rings. The third kappa shape index (κ3) is 3.45. The molecule has 1 aliphatic rings. The van der Waals surface area contributed by atoms with Gasteiger partial charge in [0, 0.05) is 36.7 Å². The molecule has 4 rings (SSSR count). The highest BCUT2D eigenvalue weighted by Gasteiger charge is 2.29. The standard InChI is InChI=1S/C21H21N5OS/c1-3-13-26-19(17-8-11-22-12-9-17)23-24-21(26)28-15(2)20(27)25-14-10-16-6-4-5-7-18(16)25/h3-9,11-12,15H,1,10,13-14H2,2H3. The van der Waals surface area contributed by atoms with Gasteiger partial charge in [0.05, 0.1) is 5.25 Å². The van der Waals surface area contributed by atoms with Gasteiger partial charge in [0.15, 0.2) is 11.0 Å². The molecular weight excluding hydrogens is 370 g/mol. The summed E-state index contributed by atoms with van der Waals surface area (Å²) in [5.41, 5.74) is 3.18. The Labute approximate surface area is 168 Å². The van der Waals surface area contributed by atoms with Crippen LogP contribution in [0.2, 0.25) is 0 Å². The quantitative estimate of drug-likeness (QED) is 0.475. The first-order valence-electron chi connectivity index (χ1n) is 9.19. The second kappa shape index (κ2) is 7.98. The molecule has 0 fully saturated rings. The van der Waals surface area contributed by atoms with E-state index in [1.54, 1.807) is 18.5 Å². The van der Waals surface area contributed by atoms with E-state index in [4.69, 9.17) is 0 Å². The number of nitrogens with zero attached hydrogens (tertiary/aromatic N) is 5. The number of amides is 1. The van der Waals surface area contributed by atoms with Crippen LogP contribution < -0.4 is 4.90 Å². The lowest BCUT2D eigenvalue weighted by atomic mass is 10.2. The number of rotatable bonds is 6. The van der Waals surface area contributed by atoms with Crippen LogP contribution in [-0.4, -0.2) is 37.5 Å². The number of carbonyl (C=O) groups excluding carboxylic acids is 1. The Balaban J connectivity index is 1.56. The largest absolute Gasteiger partial charge is 0.311 e. The van der Waals surface area contributed by atoms with Gasteiger partial charge in [-0.25, -0.2) is 0 Å². The van der Waals surface area contributed by atoms with E-state index in [0.29, 0.717) is 11.7 Å². The van der Waals surface area contributed by atoms with Gasteiger partial charge in [0.2, 0.25) is 5.91 Å². The lowest BCUT2D eigenvalue weighted by molar-refractivity contribution is -0.117. The molecule has 142 valence electrons. The molecule has 3 heterocycles. The van der Waals surface area contributed by atoms with Crippen molar-refractivity contribution in [1.29, 1.82) is 0 Å². The van der Waals surface area contributed by atoms with Crippen molar-refractivity contribution in [1.82, 2.24) is 19.7 Å². The molecule has 0 bridgehead atoms. The van der Waals surface area contributed by atoms with Crippen LogP contribution in [0.3, 0.4) is 0 Å². The van der Waals surface area contributed by atoms with Crippen LogP contribution in [0.1, 0.15) is 12.5 Å². The second-order valence-electron chi connectivity index (χ2n) is 6.57. The maximum Gasteiger partial charge on any atom is 0.240 e. The van der Waals surface area contributed by atoms with E-state index in [1.165, 1.54) is 17.3 Å². The van der Waals surface area contributed by atoms with Crippen LogP contribution in [0, 0.1) is 0 Å². The summed E-state index contributed by atoms with van der Waals surface area (Å²) in [6, 6.07) is 11.9. The van der Waals surface area contributed by atoms with Gasteiger partial charge in [-0.05, 0) is 37.1 Å². The van der Waals surface area contributed by atoms with Gasteiger partial charge in [-0.15, -0.1) is 16.8 Å². The van der Waals surface area contributed by atoms with Crippen molar-refractivity contribution in [2.75, 3.05) is 11.4 Å². The zero-order chi connectivity index (χ0) is 19.5. The van der Waals surface area contributed by atoms with Gasteiger partial charge in [-0.3, -0.25) is 14.3 Å². The second-order valence-corrected chi connectivity index (χ2v) is 7.88. The molecule has 0 spiro atoms. The highest BCUT2D eigenvalue weighted by Crippen LogP contribution is 2.32. The highest BCUT2D eigenvalue weighted by molar-refractivity contribution is 8.00. The van der Waals surface area contributed by atoms with E-state index >= 15 is 0 Å². The lowest BCUT2D eigenvalue weighted by Crippen LogP contribution is -2.35. The van der Waals surface area contributed by atoms with E-state index in [-0.39, 0.29) is 11.2 Å². The molecule has 7 heteroatoms. The molecular formula is C21H21N5OS. The number of hydrogen-bond acceptors (Lipinski definition) is 5. The number of anilines is 1. The summed E-state index contributed by atoms with van der Waals surface area (Å²) in [5, 5.41) is 9.12. The Bertz CT molecular complexity index is 1000. The number of carbonyl (C=O) groups is 1. The number of fused-ring (bicyclic) bond motifs is 1. The molecule has 1 atom stereocenters. The molecule has 0 saturated heterocycles. The van der Waals surface area contributed by atoms with Crippen LogP contribution in [0.5, 0.6) is 0 Å². The highest BCUT2D eigenvalue weighted by atomic mass is 32.2. The monoisotopic (exact) mass is 391 g/mol. The predicted octanol–water partition coefficient (Wildman–Crippen LogP) is 3.60. The number of allylic oxidation sites excluding steroid dienone is 1. The normalized spacial score (nSPS) is 14.0. The van der Waals surface area contributed by atoms with Crippen molar-refractivity contribution in [3.05, 3.63) is 67.0 Å². The summed E-state index contributed by atoms with van der Waals surface area (Å²) in [4.78, 5) is 19.0. The zero-order valence-electron chi connectivity index (χ0n) is 15.7. The first-order valence-corrected chi connectivity index (χ1v) is 10.1. The van der Waals surface area contributed by atoms with Crippen molar-refractivity contribution in [2.24, 2.45) is 0 Å². The molecule has 1 aromatic carbocycles. The van der Waals surface area contributed by atoms with Crippen molar-refractivity contribution in [2.45, 2.75) is 30.3 Å². The third-order valence-corrected chi connectivity index (χ3v) is 5.82. The molecule has 1 aliphatic heterocycles. The molecule has 28 heavy (non-hydrogen) atoms. The Morgan fingerprint density at radius 2 is 2.04 bits per heavy atom. The number of para-hydroxylation sites is 1. The van der Waals surface area contributed by atoms with Crippen molar-refractivity contribution >= 4 is 23.4 Å². The Kier molecular flexibility index (Phi) is 5.25. The molecule has 2 aromatic heterocycles. The van der Waals surface area contributed by atoms with Crippen molar-refractivity contribution < 1.29 is 4.79 Å². The lowest BCUT2D eigenvalue weighted by Gasteiger charge is -2.21. The van der Waals surface area contributed by atoms with E-state index < -0.39 is 0 Å². The molecule has 0 N–H and O–H groups in total. The van der Waals surface area contributed by atoms with Gasteiger partial charge in [0.25, 0.3) is 0 Å².